The Morgan fingerprint density at radius 3 is 2.57 bits per heavy atom. The molecule has 0 spiro atoms. The van der Waals surface area contributed by atoms with Crippen molar-refractivity contribution in [3.05, 3.63) is 26.7 Å². The Hall–Kier alpha value is -2.42. The van der Waals surface area contributed by atoms with E-state index in [9.17, 15) is 14.4 Å². The summed E-state index contributed by atoms with van der Waals surface area (Å²) in [5.41, 5.74) is -0.245. The van der Waals surface area contributed by atoms with Gasteiger partial charge in [0, 0.05) is 20.1 Å². The summed E-state index contributed by atoms with van der Waals surface area (Å²) in [6.45, 7) is 4.37. The number of hydrogen-bond acceptors (Lipinski definition) is 5. The number of hydrogen-bond donors (Lipinski definition) is 2. The van der Waals surface area contributed by atoms with Crippen LogP contribution >= 0.6 is 0 Å². The topological polar surface area (TPSA) is 105 Å². The molecule has 0 fully saturated rings. The quantitative estimate of drug-likeness (QED) is 0.728. The molecular weight excluding hydrogens is 300 g/mol. The lowest BCUT2D eigenvalue weighted by atomic mass is 10.4. The Bertz CT molecular complexity index is 845. The highest BCUT2D eigenvalue weighted by Crippen LogP contribution is 2.06. The van der Waals surface area contributed by atoms with Gasteiger partial charge in [0.2, 0.25) is 5.91 Å². The van der Waals surface area contributed by atoms with Crippen molar-refractivity contribution in [3.63, 3.8) is 0 Å². The minimum Gasteiger partial charge on any atom is -0.353 e. The monoisotopic (exact) mass is 322 g/mol. The van der Waals surface area contributed by atoms with Crippen molar-refractivity contribution in [1.82, 2.24) is 29.3 Å². The van der Waals surface area contributed by atoms with Crippen LogP contribution < -0.4 is 16.6 Å². The molecule has 0 saturated carbocycles. The first kappa shape index (κ1) is 16.9. The molecule has 2 rings (SSSR count). The molecule has 126 valence electrons. The highest BCUT2D eigenvalue weighted by atomic mass is 16.2. The maximum atomic E-state index is 12.1. The number of carbonyl (C=O) groups excluding carboxylic acids is 1. The fraction of sp³-hybridized carbons (Fsp3) is 0.571. The number of nitrogens with one attached hydrogen (secondary N) is 2. The average Bonchev–Trinajstić information content (AvgIpc) is 2.85. The number of aryl methyl sites for hydroxylation is 1. The first-order chi connectivity index (χ1) is 10.7. The molecule has 0 saturated heterocycles. The van der Waals surface area contributed by atoms with Crippen LogP contribution in [0.2, 0.25) is 0 Å². The van der Waals surface area contributed by atoms with E-state index in [1.807, 2.05) is 13.8 Å². The number of nitrogens with zero attached hydrogens (tertiary/aromatic N) is 4. The van der Waals surface area contributed by atoms with E-state index in [1.165, 1.54) is 11.6 Å². The summed E-state index contributed by atoms with van der Waals surface area (Å²) in [7, 11) is 4.77. The predicted octanol–water partition coefficient (Wildman–Crippen LogP) is -1.08. The van der Waals surface area contributed by atoms with Gasteiger partial charge in [-0.25, -0.2) is 9.78 Å². The van der Waals surface area contributed by atoms with Crippen LogP contribution in [0, 0.1) is 0 Å². The Morgan fingerprint density at radius 1 is 1.30 bits per heavy atom. The zero-order valence-corrected chi connectivity index (χ0v) is 14.0. The summed E-state index contributed by atoms with van der Waals surface area (Å²) >= 11 is 0. The molecule has 9 nitrogen and oxygen atoms in total. The van der Waals surface area contributed by atoms with Gasteiger partial charge >= 0.3 is 5.69 Å². The summed E-state index contributed by atoms with van der Waals surface area (Å²) in [6, 6.07) is 0.0830. The third-order valence-corrected chi connectivity index (χ3v) is 3.43. The normalized spacial score (nSPS) is 11.6. The van der Waals surface area contributed by atoms with Crippen LogP contribution in [0.4, 0.5) is 0 Å². The van der Waals surface area contributed by atoms with Crippen molar-refractivity contribution in [2.45, 2.75) is 26.4 Å². The lowest BCUT2D eigenvalue weighted by Crippen LogP contribution is -2.38. The van der Waals surface area contributed by atoms with Crippen LogP contribution in [0.25, 0.3) is 11.2 Å². The van der Waals surface area contributed by atoms with E-state index in [4.69, 9.17) is 0 Å². The van der Waals surface area contributed by atoms with Gasteiger partial charge in [-0.3, -0.25) is 23.6 Å². The van der Waals surface area contributed by atoms with Crippen LogP contribution in [-0.4, -0.2) is 49.5 Å². The maximum absolute atomic E-state index is 12.1. The molecule has 0 bridgehead atoms. The second kappa shape index (κ2) is 6.37. The zero-order chi connectivity index (χ0) is 17.3. The van der Waals surface area contributed by atoms with E-state index in [0.29, 0.717) is 18.0 Å². The van der Waals surface area contributed by atoms with E-state index in [-0.39, 0.29) is 24.0 Å². The Labute approximate surface area is 132 Å². The van der Waals surface area contributed by atoms with Crippen LogP contribution in [-0.2, 0) is 25.4 Å². The molecule has 0 aliphatic rings. The molecule has 2 aromatic rings. The molecule has 9 heteroatoms. The number of imidazole rings is 1. The Kier molecular flexibility index (Phi) is 4.69. The smallest absolute Gasteiger partial charge is 0.332 e. The molecule has 0 aliphatic carbocycles. The minimum atomic E-state index is -0.426. The SMILES string of the molecule is CC(C)NC(=O)CN(C)Cc1nc2c([nH]1)c(=O)n(C)c(=O)n2C. The molecule has 2 aromatic heterocycles. The number of amides is 1. The minimum absolute atomic E-state index is 0.0816. The van der Waals surface area contributed by atoms with Crippen molar-refractivity contribution in [2.75, 3.05) is 13.6 Å². The second-order valence-corrected chi connectivity index (χ2v) is 5.98. The van der Waals surface area contributed by atoms with Gasteiger partial charge in [0.25, 0.3) is 5.56 Å². The van der Waals surface area contributed by atoms with E-state index >= 15 is 0 Å². The molecule has 23 heavy (non-hydrogen) atoms. The Morgan fingerprint density at radius 2 is 1.96 bits per heavy atom. The average molecular weight is 322 g/mol. The molecule has 0 aliphatic heterocycles. The van der Waals surface area contributed by atoms with Gasteiger partial charge < -0.3 is 10.3 Å². The third-order valence-electron chi connectivity index (χ3n) is 3.43. The van der Waals surface area contributed by atoms with Crippen LogP contribution in [0.15, 0.2) is 9.59 Å². The van der Waals surface area contributed by atoms with Crippen LogP contribution in [0.1, 0.15) is 19.7 Å². The number of rotatable bonds is 5. The van der Waals surface area contributed by atoms with Gasteiger partial charge in [0.1, 0.15) is 11.3 Å². The highest BCUT2D eigenvalue weighted by molar-refractivity contribution is 5.78. The molecule has 0 atom stereocenters. The summed E-state index contributed by atoms with van der Waals surface area (Å²) in [4.78, 5) is 44.8. The van der Waals surface area contributed by atoms with Crippen molar-refractivity contribution < 1.29 is 4.79 Å². The number of fused-ring (bicyclic) bond motifs is 1. The highest BCUT2D eigenvalue weighted by Gasteiger charge is 2.15. The van der Waals surface area contributed by atoms with Crippen molar-refractivity contribution in [2.24, 2.45) is 14.1 Å². The molecule has 0 aromatic carbocycles. The van der Waals surface area contributed by atoms with E-state index in [0.717, 1.165) is 4.57 Å². The summed E-state index contributed by atoms with van der Waals surface area (Å²) in [5.74, 6) is 0.445. The molecule has 1 amide bonds. The van der Waals surface area contributed by atoms with Crippen molar-refractivity contribution >= 4 is 17.1 Å². The van der Waals surface area contributed by atoms with Gasteiger partial charge in [-0.05, 0) is 20.9 Å². The Balaban J connectivity index is 2.24. The summed E-state index contributed by atoms with van der Waals surface area (Å²) in [6.07, 6.45) is 0. The third kappa shape index (κ3) is 3.50. The number of H-pyrrole nitrogens is 1. The van der Waals surface area contributed by atoms with Crippen LogP contribution in [0.5, 0.6) is 0 Å². The fourth-order valence-corrected chi connectivity index (χ4v) is 2.37. The second-order valence-electron chi connectivity index (χ2n) is 5.98. The van der Waals surface area contributed by atoms with E-state index in [1.54, 1.807) is 19.0 Å². The maximum Gasteiger partial charge on any atom is 0.332 e. The number of aromatic amines is 1. The van der Waals surface area contributed by atoms with Gasteiger partial charge in [-0.2, -0.15) is 0 Å². The largest absolute Gasteiger partial charge is 0.353 e. The lowest BCUT2D eigenvalue weighted by Gasteiger charge is -2.16. The van der Waals surface area contributed by atoms with Crippen molar-refractivity contribution in [1.29, 1.82) is 0 Å². The van der Waals surface area contributed by atoms with Crippen molar-refractivity contribution in [3.8, 4) is 0 Å². The van der Waals surface area contributed by atoms with Gasteiger partial charge in [-0.1, -0.05) is 0 Å². The standard InChI is InChI=1S/C14H22N6O3/c1-8(2)15-10(21)7-18(3)6-9-16-11-12(17-9)19(4)14(23)20(5)13(11)22/h8H,6-7H2,1-5H3,(H,15,21)(H,16,17). The molecule has 0 unspecified atom stereocenters. The zero-order valence-electron chi connectivity index (χ0n) is 14.0. The van der Waals surface area contributed by atoms with Gasteiger partial charge in [0.05, 0.1) is 13.1 Å². The first-order valence-electron chi connectivity index (χ1n) is 7.33. The predicted molar refractivity (Wildman–Crippen MR) is 86.2 cm³/mol. The van der Waals surface area contributed by atoms with Gasteiger partial charge in [0.15, 0.2) is 5.65 Å². The first-order valence-corrected chi connectivity index (χ1v) is 7.33. The summed E-state index contributed by atoms with van der Waals surface area (Å²) in [5, 5.41) is 2.81. The number of likely N-dealkylation sites (N-methyl/N-ethyl adjacent to an activating group) is 1. The number of carbonyl (C=O) groups is 1. The van der Waals surface area contributed by atoms with E-state index < -0.39 is 11.2 Å². The summed E-state index contributed by atoms with van der Waals surface area (Å²) < 4.78 is 2.35. The molecular formula is C14H22N6O3. The van der Waals surface area contributed by atoms with E-state index in [2.05, 4.69) is 15.3 Å². The molecule has 2 N–H and O–H groups in total. The van der Waals surface area contributed by atoms with Crippen LogP contribution in [0.3, 0.4) is 0 Å². The lowest BCUT2D eigenvalue weighted by molar-refractivity contribution is -0.122. The molecule has 0 radical (unpaired) electrons. The molecule has 2 heterocycles. The number of aromatic nitrogens is 4. The fourth-order valence-electron chi connectivity index (χ4n) is 2.37. The van der Waals surface area contributed by atoms with Gasteiger partial charge in [-0.15, -0.1) is 0 Å².